The number of carbonyl (C=O) groups excluding carboxylic acids is 2. The van der Waals surface area contributed by atoms with Crippen molar-refractivity contribution in [2.24, 2.45) is 0 Å². The molecule has 0 fully saturated rings. The highest BCUT2D eigenvalue weighted by Crippen LogP contribution is 2.33. The number of carbonyl (C=O) groups is 2. The van der Waals surface area contributed by atoms with Gasteiger partial charge in [-0.25, -0.2) is 4.39 Å². The molecule has 9 nitrogen and oxygen atoms in total. The fourth-order valence-corrected chi connectivity index (χ4v) is 3.60. The van der Waals surface area contributed by atoms with Crippen LogP contribution in [0.2, 0.25) is 0 Å². The van der Waals surface area contributed by atoms with Crippen LogP contribution in [0.15, 0.2) is 53.1 Å². The zero-order valence-corrected chi connectivity index (χ0v) is 18.6. The number of thiophene rings is 1. The van der Waals surface area contributed by atoms with Gasteiger partial charge in [0.15, 0.2) is 28.2 Å². The van der Waals surface area contributed by atoms with Crippen molar-refractivity contribution in [1.82, 2.24) is 15.3 Å². The number of benzene rings is 1. The summed E-state index contributed by atoms with van der Waals surface area (Å²) >= 11 is 0.798. The highest BCUT2D eigenvalue weighted by molar-refractivity contribution is 7.13. The van der Waals surface area contributed by atoms with Gasteiger partial charge >= 0.3 is 0 Å². The summed E-state index contributed by atoms with van der Waals surface area (Å²) < 4.78 is 39.1. The van der Waals surface area contributed by atoms with Gasteiger partial charge in [0.1, 0.15) is 11.4 Å². The molecule has 34 heavy (non-hydrogen) atoms. The maximum absolute atomic E-state index is 14.7. The molecule has 1 aromatic carbocycles. The Morgan fingerprint density at radius 3 is 2.56 bits per heavy atom. The van der Waals surface area contributed by atoms with Crippen molar-refractivity contribution in [3.05, 3.63) is 71.0 Å². The number of nitrogens with zero attached hydrogens (tertiary/aromatic N) is 2. The third-order valence-electron chi connectivity index (χ3n) is 4.46. The van der Waals surface area contributed by atoms with Gasteiger partial charge in [-0.2, -0.15) is 9.37 Å². The van der Waals surface area contributed by atoms with Crippen LogP contribution in [-0.2, 0) is 0 Å². The number of amides is 2. The van der Waals surface area contributed by atoms with Gasteiger partial charge in [-0.05, 0) is 30.3 Å². The first kappa shape index (κ1) is 22.9. The third-order valence-corrected chi connectivity index (χ3v) is 5.33. The van der Waals surface area contributed by atoms with Crippen molar-refractivity contribution in [1.29, 1.82) is 0 Å². The molecule has 0 radical (unpaired) electrons. The van der Waals surface area contributed by atoms with Crippen molar-refractivity contribution in [2.75, 3.05) is 24.7 Å². The van der Waals surface area contributed by atoms with Gasteiger partial charge in [0.25, 0.3) is 17.8 Å². The molecule has 4 rings (SSSR count). The van der Waals surface area contributed by atoms with E-state index in [0.29, 0.717) is 4.88 Å². The maximum atomic E-state index is 14.7. The molecule has 0 atom stereocenters. The van der Waals surface area contributed by atoms with Crippen LogP contribution in [0.25, 0.3) is 10.6 Å². The van der Waals surface area contributed by atoms with Crippen molar-refractivity contribution in [3.8, 4) is 22.1 Å². The van der Waals surface area contributed by atoms with Crippen LogP contribution < -0.4 is 20.7 Å². The summed E-state index contributed by atoms with van der Waals surface area (Å²) in [5.41, 5.74) is 0.151. The van der Waals surface area contributed by atoms with E-state index in [1.165, 1.54) is 49.6 Å². The quantitative estimate of drug-likeness (QED) is 0.352. The van der Waals surface area contributed by atoms with Gasteiger partial charge in [-0.1, -0.05) is 0 Å². The van der Waals surface area contributed by atoms with Crippen LogP contribution >= 0.6 is 11.3 Å². The van der Waals surface area contributed by atoms with Crippen LogP contribution in [-0.4, -0.2) is 35.9 Å². The van der Waals surface area contributed by atoms with E-state index in [9.17, 15) is 18.4 Å². The number of ether oxygens (including phenoxy) is 1. The molecule has 3 N–H and O–H groups in total. The molecule has 3 heterocycles. The number of nitrogens with one attached hydrogen (secondary N) is 3. The molecule has 0 aliphatic rings. The first-order chi connectivity index (χ1) is 16.4. The summed E-state index contributed by atoms with van der Waals surface area (Å²) in [5.74, 6) is -1.68. The lowest BCUT2D eigenvalue weighted by Gasteiger charge is -2.10. The zero-order valence-electron chi connectivity index (χ0n) is 17.8. The average Bonchev–Trinajstić information content (AvgIpc) is 3.46. The van der Waals surface area contributed by atoms with E-state index < -0.39 is 22.8 Å². The number of halogens is 2. The van der Waals surface area contributed by atoms with E-state index in [0.717, 1.165) is 17.4 Å². The number of oxazole rings is 1. The van der Waals surface area contributed by atoms with Crippen molar-refractivity contribution < 1.29 is 27.5 Å². The van der Waals surface area contributed by atoms with Crippen LogP contribution in [0.5, 0.6) is 11.5 Å². The topological polar surface area (TPSA) is 118 Å². The second kappa shape index (κ2) is 9.67. The molecule has 12 heteroatoms. The van der Waals surface area contributed by atoms with E-state index in [1.54, 1.807) is 7.05 Å². The van der Waals surface area contributed by atoms with E-state index in [1.807, 2.05) is 0 Å². The molecule has 4 aromatic rings. The van der Waals surface area contributed by atoms with Crippen molar-refractivity contribution in [3.63, 3.8) is 0 Å². The van der Waals surface area contributed by atoms with Gasteiger partial charge in [0, 0.05) is 38.1 Å². The Balaban J connectivity index is 1.53. The van der Waals surface area contributed by atoms with Crippen LogP contribution in [0.4, 0.5) is 20.5 Å². The molecule has 0 aliphatic carbocycles. The summed E-state index contributed by atoms with van der Waals surface area (Å²) in [7, 11) is 3.02. The SMILES string of the molecule is CNC(=O)c1cc(Oc2ccc(NC(=O)c3nc(NC)oc3-c3ccc(F)s3)cc2F)ccn1. The molecular weight excluding hydrogens is 468 g/mol. The van der Waals surface area contributed by atoms with E-state index in [4.69, 9.17) is 9.15 Å². The maximum Gasteiger partial charge on any atom is 0.295 e. The van der Waals surface area contributed by atoms with Gasteiger partial charge in [-0.3, -0.25) is 14.6 Å². The second-order valence-electron chi connectivity index (χ2n) is 6.71. The minimum absolute atomic E-state index is 0.0670. The summed E-state index contributed by atoms with van der Waals surface area (Å²) in [6, 6.07) is 9.44. The Morgan fingerprint density at radius 1 is 1.06 bits per heavy atom. The summed E-state index contributed by atoms with van der Waals surface area (Å²) in [6.07, 6.45) is 1.36. The Bertz CT molecular complexity index is 1370. The van der Waals surface area contributed by atoms with E-state index >= 15 is 0 Å². The molecule has 0 spiro atoms. The Labute approximate surface area is 195 Å². The molecule has 174 valence electrons. The molecule has 0 saturated heterocycles. The molecule has 2 amide bonds. The van der Waals surface area contributed by atoms with Gasteiger partial charge in [0.05, 0.1) is 4.88 Å². The molecular formula is C22H17F2N5O4S. The molecule has 0 saturated carbocycles. The van der Waals surface area contributed by atoms with Crippen LogP contribution in [0.1, 0.15) is 21.0 Å². The number of hydrogen-bond acceptors (Lipinski definition) is 8. The Kier molecular flexibility index (Phi) is 6.50. The van der Waals surface area contributed by atoms with Crippen molar-refractivity contribution in [2.45, 2.75) is 0 Å². The van der Waals surface area contributed by atoms with Gasteiger partial charge in [0.2, 0.25) is 0 Å². The van der Waals surface area contributed by atoms with Crippen LogP contribution in [0, 0.1) is 10.9 Å². The standard InChI is InChI=1S/C22H17F2N5O4S/c1-25-20(30)14-10-12(7-8-27-14)32-15-4-3-11(9-13(15)23)28-21(31)18-19(33-22(26-2)29-18)16-5-6-17(24)34-16/h3-10H,1-2H3,(H,25,30)(H,26,29)(H,28,31). The molecule has 0 unspecified atom stereocenters. The predicted molar refractivity (Wildman–Crippen MR) is 121 cm³/mol. The highest BCUT2D eigenvalue weighted by atomic mass is 32.1. The average molecular weight is 485 g/mol. The zero-order chi connectivity index (χ0) is 24.2. The number of rotatable bonds is 7. The third kappa shape index (κ3) is 4.86. The molecule has 0 bridgehead atoms. The fraction of sp³-hybridized carbons (Fsp3) is 0.0909. The highest BCUT2D eigenvalue weighted by Gasteiger charge is 2.23. The smallest absolute Gasteiger partial charge is 0.295 e. The normalized spacial score (nSPS) is 10.6. The second-order valence-corrected chi connectivity index (χ2v) is 7.74. The number of aromatic nitrogens is 2. The number of pyridine rings is 1. The number of anilines is 2. The Hall–Kier alpha value is -4.32. The lowest BCUT2D eigenvalue weighted by atomic mass is 10.2. The summed E-state index contributed by atoms with van der Waals surface area (Å²) in [4.78, 5) is 32.9. The predicted octanol–water partition coefficient (Wildman–Crippen LogP) is 4.52. The molecule has 0 aliphatic heterocycles. The minimum atomic E-state index is -0.757. The Morgan fingerprint density at radius 2 is 1.88 bits per heavy atom. The van der Waals surface area contributed by atoms with Crippen molar-refractivity contribution >= 4 is 34.9 Å². The monoisotopic (exact) mass is 485 g/mol. The van der Waals surface area contributed by atoms with E-state index in [-0.39, 0.29) is 40.3 Å². The first-order valence-corrected chi connectivity index (χ1v) is 10.6. The lowest BCUT2D eigenvalue weighted by Crippen LogP contribution is -2.18. The van der Waals surface area contributed by atoms with Crippen LogP contribution in [0.3, 0.4) is 0 Å². The lowest BCUT2D eigenvalue weighted by molar-refractivity contribution is 0.0957. The van der Waals surface area contributed by atoms with Gasteiger partial charge in [-0.15, -0.1) is 11.3 Å². The first-order valence-electron chi connectivity index (χ1n) is 9.79. The molecule has 3 aromatic heterocycles. The van der Waals surface area contributed by atoms with Gasteiger partial charge < -0.3 is 25.1 Å². The van der Waals surface area contributed by atoms with E-state index in [2.05, 4.69) is 25.9 Å². The largest absolute Gasteiger partial charge is 0.454 e. The summed E-state index contributed by atoms with van der Waals surface area (Å²) in [6.45, 7) is 0. The minimum Gasteiger partial charge on any atom is -0.454 e. The number of hydrogen-bond donors (Lipinski definition) is 3. The summed E-state index contributed by atoms with van der Waals surface area (Å²) in [5, 5.41) is 7.22. The fourth-order valence-electron chi connectivity index (χ4n) is 2.89.